The molecule has 0 unspecified atom stereocenters. The molecule has 0 saturated carbocycles. The summed E-state index contributed by atoms with van der Waals surface area (Å²) in [6, 6.07) is 7.67. The first-order valence-corrected chi connectivity index (χ1v) is 8.21. The largest absolute Gasteiger partial charge is 0.456 e. The van der Waals surface area contributed by atoms with E-state index in [0.29, 0.717) is 27.9 Å². The van der Waals surface area contributed by atoms with Gasteiger partial charge in [-0.15, -0.1) is 0 Å². The number of ketones is 1. The second-order valence-corrected chi connectivity index (χ2v) is 6.18. The van der Waals surface area contributed by atoms with Crippen LogP contribution in [0, 0.1) is 19.7 Å². The highest BCUT2D eigenvalue weighted by Gasteiger charge is 2.13. The second kappa shape index (κ2) is 7.58. The molecule has 0 amide bonds. The van der Waals surface area contributed by atoms with Crippen molar-refractivity contribution in [2.75, 3.05) is 0 Å². The molecule has 0 spiro atoms. The van der Waals surface area contributed by atoms with Gasteiger partial charge in [-0.25, -0.2) is 9.37 Å². The van der Waals surface area contributed by atoms with Crippen LogP contribution in [0.15, 0.2) is 42.7 Å². The number of aromatic nitrogens is 3. The molecule has 0 radical (unpaired) electrons. The van der Waals surface area contributed by atoms with E-state index in [1.165, 1.54) is 24.5 Å². The van der Waals surface area contributed by atoms with Crippen molar-refractivity contribution in [3.63, 3.8) is 0 Å². The average molecular weight is 372 g/mol. The van der Waals surface area contributed by atoms with Gasteiger partial charge in [0.1, 0.15) is 23.0 Å². The van der Waals surface area contributed by atoms with Crippen LogP contribution >= 0.6 is 11.6 Å². The lowest BCUT2D eigenvalue weighted by Crippen LogP contribution is -2.09. The Bertz CT molecular complexity index is 979. The minimum absolute atomic E-state index is 0.0235. The van der Waals surface area contributed by atoms with Crippen molar-refractivity contribution >= 4 is 17.4 Å². The van der Waals surface area contributed by atoms with Gasteiger partial charge in [0.05, 0.1) is 23.3 Å². The number of carbonyl (C=O) groups is 1. The molecule has 0 N–H and O–H groups in total. The van der Waals surface area contributed by atoms with E-state index in [1.54, 1.807) is 32.0 Å². The lowest BCUT2D eigenvalue weighted by atomic mass is 10.1. The first kappa shape index (κ1) is 17.9. The van der Waals surface area contributed by atoms with Crippen LogP contribution in [0.4, 0.5) is 4.39 Å². The van der Waals surface area contributed by atoms with Crippen molar-refractivity contribution in [2.45, 2.75) is 20.3 Å². The Morgan fingerprint density at radius 2 is 1.92 bits per heavy atom. The number of pyridine rings is 3. The Kier molecular flexibility index (Phi) is 5.23. The number of carbonyl (C=O) groups excluding carboxylic acids is 1. The van der Waals surface area contributed by atoms with Gasteiger partial charge in [-0.05, 0) is 26.0 Å². The number of Topliss-reactive ketones (excluding diaryl/α,β-unsaturated/α-hetero) is 1. The van der Waals surface area contributed by atoms with E-state index >= 15 is 0 Å². The molecule has 0 atom stereocenters. The van der Waals surface area contributed by atoms with Gasteiger partial charge < -0.3 is 4.74 Å². The van der Waals surface area contributed by atoms with E-state index < -0.39 is 5.82 Å². The molecule has 132 valence electrons. The SMILES string of the molecule is Cc1cc(Oc2cncc(Cl)c2)cc(C(=O)Cc2ccc(F)c(C)n2)n1. The summed E-state index contributed by atoms with van der Waals surface area (Å²) in [5.74, 6) is 0.271. The number of nitrogens with zero attached hydrogens (tertiary/aromatic N) is 3. The van der Waals surface area contributed by atoms with Gasteiger partial charge in [-0.1, -0.05) is 11.6 Å². The normalized spacial score (nSPS) is 10.6. The molecule has 0 saturated heterocycles. The molecule has 3 aromatic rings. The Balaban J connectivity index is 1.82. The smallest absolute Gasteiger partial charge is 0.187 e. The maximum absolute atomic E-state index is 13.3. The number of halogens is 2. The lowest BCUT2D eigenvalue weighted by Gasteiger charge is -2.09. The van der Waals surface area contributed by atoms with Gasteiger partial charge in [0, 0.05) is 35.8 Å². The molecule has 5 nitrogen and oxygen atoms in total. The third-order valence-corrected chi connectivity index (χ3v) is 3.76. The minimum Gasteiger partial charge on any atom is -0.456 e. The van der Waals surface area contributed by atoms with Crippen LogP contribution in [0.2, 0.25) is 5.02 Å². The van der Waals surface area contributed by atoms with Gasteiger partial charge in [0.15, 0.2) is 5.78 Å². The summed E-state index contributed by atoms with van der Waals surface area (Å²) < 4.78 is 19.0. The monoisotopic (exact) mass is 371 g/mol. The Labute approximate surface area is 154 Å². The zero-order chi connectivity index (χ0) is 18.7. The van der Waals surface area contributed by atoms with E-state index in [9.17, 15) is 9.18 Å². The second-order valence-electron chi connectivity index (χ2n) is 5.74. The predicted molar refractivity (Wildman–Crippen MR) is 95.3 cm³/mol. The summed E-state index contributed by atoms with van der Waals surface area (Å²) in [5.41, 5.74) is 1.62. The first-order valence-electron chi connectivity index (χ1n) is 7.83. The molecule has 0 aliphatic rings. The molecule has 0 aliphatic carbocycles. The number of rotatable bonds is 5. The molecule has 0 fully saturated rings. The minimum atomic E-state index is -0.402. The molecule has 0 bridgehead atoms. The van der Waals surface area contributed by atoms with E-state index in [-0.39, 0.29) is 23.6 Å². The standard InChI is InChI=1S/C19H15ClFN3O2/c1-11-5-15(26-16-6-13(20)9-22-10-16)8-18(23-11)19(25)7-14-3-4-17(21)12(2)24-14/h3-6,8-10H,7H2,1-2H3. The highest BCUT2D eigenvalue weighted by Crippen LogP contribution is 2.24. The summed E-state index contributed by atoms with van der Waals surface area (Å²) in [6.07, 6.45) is 3.04. The molecule has 3 heterocycles. The van der Waals surface area contributed by atoms with Crippen molar-refractivity contribution in [1.82, 2.24) is 15.0 Å². The fraction of sp³-hybridized carbons (Fsp3) is 0.158. The van der Waals surface area contributed by atoms with Crippen LogP contribution in [0.5, 0.6) is 11.5 Å². The average Bonchev–Trinajstić information content (AvgIpc) is 2.57. The summed E-state index contributed by atoms with van der Waals surface area (Å²) in [6.45, 7) is 3.32. The lowest BCUT2D eigenvalue weighted by molar-refractivity contribution is 0.0986. The summed E-state index contributed by atoms with van der Waals surface area (Å²) in [4.78, 5) is 24.8. The molecule has 3 aromatic heterocycles. The van der Waals surface area contributed by atoms with Crippen molar-refractivity contribution < 1.29 is 13.9 Å². The van der Waals surface area contributed by atoms with Gasteiger partial charge in [0.25, 0.3) is 0 Å². The maximum atomic E-state index is 13.3. The molecular weight excluding hydrogens is 357 g/mol. The molecule has 3 rings (SSSR count). The van der Waals surface area contributed by atoms with Gasteiger partial charge >= 0.3 is 0 Å². The van der Waals surface area contributed by atoms with Crippen molar-refractivity contribution in [3.8, 4) is 11.5 Å². The van der Waals surface area contributed by atoms with Crippen LogP contribution in [-0.2, 0) is 6.42 Å². The highest BCUT2D eigenvalue weighted by molar-refractivity contribution is 6.30. The molecular formula is C19H15ClFN3O2. The van der Waals surface area contributed by atoms with E-state index in [1.807, 2.05) is 0 Å². The molecule has 0 aliphatic heterocycles. The van der Waals surface area contributed by atoms with Crippen LogP contribution in [0.25, 0.3) is 0 Å². The van der Waals surface area contributed by atoms with E-state index in [2.05, 4.69) is 15.0 Å². The van der Waals surface area contributed by atoms with Crippen LogP contribution in [0.1, 0.15) is 27.6 Å². The highest BCUT2D eigenvalue weighted by atomic mass is 35.5. The van der Waals surface area contributed by atoms with E-state index in [4.69, 9.17) is 16.3 Å². The van der Waals surface area contributed by atoms with Crippen molar-refractivity contribution in [2.24, 2.45) is 0 Å². The van der Waals surface area contributed by atoms with E-state index in [0.717, 1.165) is 0 Å². The predicted octanol–water partition coefficient (Wildman–Crippen LogP) is 4.50. The van der Waals surface area contributed by atoms with Crippen LogP contribution in [0.3, 0.4) is 0 Å². The van der Waals surface area contributed by atoms with Crippen LogP contribution < -0.4 is 4.74 Å². The molecule has 0 aromatic carbocycles. The zero-order valence-electron chi connectivity index (χ0n) is 14.2. The third-order valence-electron chi connectivity index (χ3n) is 3.55. The Morgan fingerprint density at radius 1 is 1.12 bits per heavy atom. The fourth-order valence-corrected chi connectivity index (χ4v) is 2.54. The molecule has 7 heteroatoms. The fourth-order valence-electron chi connectivity index (χ4n) is 2.37. The van der Waals surface area contributed by atoms with Gasteiger partial charge in [-0.2, -0.15) is 0 Å². The summed E-state index contributed by atoms with van der Waals surface area (Å²) >= 11 is 5.90. The Morgan fingerprint density at radius 3 is 2.65 bits per heavy atom. The maximum Gasteiger partial charge on any atom is 0.187 e. The first-order chi connectivity index (χ1) is 12.4. The van der Waals surface area contributed by atoms with Crippen molar-refractivity contribution in [1.29, 1.82) is 0 Å². The number of aryl methyl sites for hydroxylation is 2. The van der Waals surface area contributed by atoms with Crippen molar-refractivity contribution in [3.05, 3.63) is 76.3 Å². The Hall–Kier alpha value is -2.86. The van der Waals surface area contributed by atoms with Gasteiger partial charge in [-0.3, -0.25) is 14.8 Å². The third kappa shape index (κ3) is 4.40. The summed E-state index contributed by atoms with van der Waals surface area (Å²) in [7, 11) is 0. The summed E-state index contributed by atoms with van der Waals surface area (Å²) in [5, 5.41) is 0.447. The number of hydrogen-bond donors (Lipinski definition) is 0. The number of hydrogen-bond acceptors (Lipinski definition) is 5. The quantitative estimate of drug-likeness (QED) is 0.618. The zero-order valence-corrected chi connectivity index (χ0v) is 14.9. The van der Waals surface area contributed by atoms with Gasteiger partial charge in [0.2, 0.25) is 0 Å². The number of ether oxygens (including phenoxy) is 1. The van der Waals surface area contributed by atoms with Crippen LogP contribution in [-0.4, -0.2) is 20.7 Å². The molecule has 26 heavy (non-hydrogen) atoms. The topological polar surface area (TPSA) is 65.0 Å².